The van der Waals surface area contributed by atoms with E-state index in [-0.39, 0.29) is 23.9 Å². The van der Waals surface area contributed by atoms with Crippen molar-refractivity contribution in [1.82, 2.24) is 4.57 Å². The number of esters is 1. The number of nitrogens with zero attached hydrogens (tertiary/aromatic N) is 1. The van der Waals surface area contributed by atoms with Gasteiger partial charge < -0.3 is 14.4 Å². The Hall–Kier alpha value is -3.57. The number of benzene rings is 3. The summed E-state index contributed by atoms with van der Waals surface area (Å²) >= 11 is 6.08. The lowest BCUT2D eigenvalue weighted by Gasteiger charge is -2.23. The van der Waals surface area contributed by atoms with Crippen LogP contribution in [0.25, 0.3) is 10.9 Å². The molecule has 0 fully saturated rings. The quantitative estimate of drug-likeness (QED) is 0.262. The first-order chi connectivity index (χ1) is 16.2. The number of aromatic hydroxyl groups is 1. The summed E-state index contributed by atoms with van der Waals surface area (Å²) in [5.74, 6) is -0.462. The molecule has 3 aromatic carbocycles. The fourth-order valence-corrected chi connectivity index (χ4v) is 4.41. The zero-order valence-electron chi connectivity index (χ0n) is 19.3. The third-order valence-electron chi connectivity index (χ3n) is 6.02. The van der Waals surface area contributed by atoms with E-state index < -0.39 is 5.41 Å². The molecule has 0 atom stereocenters. The van der Waals surface area contributed by atoms with Crippen LogP contribution in [0.4, 0.5) is 0 Å². The Balaban J connectivity index is 1.98. The Morgan fingerprint density at radius 2 is 1.68 bits per heavy atom. The number of halogens is 1. The first kappa shape index (κ1) is 23.6. The Morgan fingerprint density at radius 1 is 1.00 bits per heavy atom. The highest BCUT2D eigenvalue weighted by atomic mass is 35.5. The number of carbonyl (C=O) groups is 2. The maximum Gasteiger partial charge on any atom is 0.311 e. The number of rotatable bonds is 7. The number of hydrogen-bond acceptors (Lipinski definition) is 4. The van der Waals surface area contributed by atoms with E-state index >= 15 is 0 Å². The van der Waals surface area contributed by atoms with Gasteiger partial charge in [0.1, 0.15) is 5.75 Å². The number of aromatic nitrogens is 1. The number of ketones is 1. The standard InChI is InChI=1S/C28H26ClNO4/c1-28(2,27(33)34-3)16-24-25(26(32)19-7-5-4-6-8-19)22-15-21(31)13-14-23(22)30(24)17-18-9-11-20(29)12-10-18/h4-15,31H,16-17H2,1-3H3. The average molecular weight is 476 g/mol. The highest BCUT2D eigenvalue weighted by Crippen LogP contribution is 2.36. The van der Waals surface area contributed by atoms with E-state index in [1.54, 1.807) is 44.2 Å². The van der Waals surface area contributed by atoms with Crippen LogP contribution in [0.3, 0.4) is 0 Å². The van der Waals surface area contributed by atoms with Crippen molar-refractivity contribution in [2.45, 2.75) is 26.8 Å². The van der Waals surface area contributed by atoms with E-state index in [9.17, 15) is 14.7 Å². The Bertz CT molecular complexity index is 1350. The minimum absolute atomic E-state index is 0.0667. The Kier molecular flexibility index (Phi) is 6.49. The molecule has 0 bridgehead atoms. The molecule has 0 unspecified atom stereocenters. The summed E-state index contributed by atoms with van der Waals surface area (Å²) in [4.78, 5) is 26.4. The molecule has 5 nitrogen and oxygen atoms in total. The number of carbonyl (C=O) groups excluding carboxylic acids is 2. The predicted octanol–water partition coefficient (Wildman–Crippen LogP) is 6.02. The average Bonchev–Trinajstić information content (AvgIpc) is 3.11. The Labute approximate surface area is 203 Å². The van der Waals surface area contributed by atoms with Crippen LogP contribution in [-0.2, 0) is 22.5 Å². The smallest absolute Gasteiger partial charge is 0.311 e. The van der Waals surface area contributed by atoms with Crippen molar-refractivity contribution in [3.63, 3.8) is 0 Å². The van der Waals surface area contributed by atoms with Crippen molar-refractivity contribution in [3.8, 4) is 5.75 Å². The summed E-state index contributed by atoms with van der Waals surface area (Å²) in [7, 11) is 1.36. The number of hydrogen-bond donors (Lipinski definition) is 1. The topological polar surface area (TPSA) is 68.5 Å². The van der Waals surface area contributed by atoms with Crippen molar-refractivity contribution < 1.29 is 19.4 Å². The van der Waals surface area contributed by atoms with Gasteiger partial charge >= 0.3 is 5.97 Å². The van der Waals surface area contributed by atoms with Gasteiger partial charge in [-0.3, -0.25) is 9.59 Å². The molecule has 4 rings (SSSR count). The SMILES string of the molecule is COC(=O)C(C)(C)Cc1c(C(=O)c2ccccc2)c2cc(O)ccc2n1Cc1ccc(Cl)cc1. The highest BCUT2D eigenvalue weighted by Gasteiger charge is 2.34. The lowest BCUT2D eigenvalue weighted by atomic mass is 9.85. The molecule has 0 saturated carbocycles. The zero-order valence-corrected chi connectivity index (χ0v) is 20.1. The van der Waals surface area contributed by atoms with E-state index in [0.717, 1.165) is 11.1 Å². The third-order valence-corrected chi connectivity index (χ3v) is 6.27. The molecule has 1 heterocycles. The van der Waals surface area contributed by atoms with Gasteiger partial charge in [-0.15, -0.1) is 0 Å². The summed E-state index contributed by atoms with van der Waals surface area (Å²) in [5, 5.41) is 11.6. The molecule has 0 radical (unpaired) electrons. The summed E-state index contributed by atoms with van der Waals surface area (Å²) in [6.45, 7) is 4.07. The van der Waals surface area contributed by atoms with Crippen molar-refractivity contribution in [3.05, 3.63) is 100 Å². The number of fused-ring (bicyclic) bond motifs is 1. The van der Waals surface area contributed by atoms with Crippen molar-refractivity contribution in [2.24, 2.45) is 5.41 Å². The van der Waals surface area contributed by atoms with Crippen molar-refractivity contribution >= 4 is 34.3 Å². The molecule has 0 aliphatic carbocycles. The number of phenolic OH excluding ortho intramolecular Hbond substituents is 1. The summed E-state index contributed by atoms with van der Waals surface area (Å²) in [6, 6.07) is 21.5. The van der Waals surface area contributed by atoms with Crippen LogP contribution >= 0.6 is 11.6 Å². The van der Waals surface area contributed by atoms with Gasteiger partial charge in [-0.1, -0.05) is 54.1 Å². The molecular formula is C28H26ClNO4. The molecule has 0 aliphatic rings. The monoisotopic (exact) mass is 475 g/mol. The molecule has 0 amide bonds. The third kappa shape index (κ3) is 4.57. The normalized spacial score (nSPS) is 11.5. The fraction of sp³-hybridized carbons (Fsp3) is 0.214. The van der Waals surface area contributed by atoms with E-state index in [0.29, 0.717) is 33.8 Å². The van der Waals surface area contributed by atoms with Crippen LogP contribution in [0, 0.1) is 5.41 Å². The number of methoxy groups -OCH3 is 1. The van der Waals surface area contributed by atoms with E-state index in [1.165, 1.54) is 7.11 Å². The summed E-state index contributed by atoms with van der Waals surface area (Å²) < 4.78 is 7.09. The molecule has 1 N–H and O–H groups in total. The molecule has 0 aliphatic heterocycles. The van der Waals surface area contributed by atoms with Crippen LogP contribution < -0.4 is 0 Å². The number of ether oxygens (including phenoxy) is 1. The zero-order chi connectivity index (χ0) is 24.5. The highest BCUT2D eigenvalue weighted by molar-refractivity contribution is 6.30. The Morgan fingerprint density at radius 3 is 2.32 bits per heavy atom. The minimum atomic E-state index is -0.880. The van der Waals surface area contributed by atoms with E-state index in [2.05, 4.69) is 0 Å². The first-order valence-corrected chi connectivity index (χ1v) is 11.4. The van der Waals surface area contributed by atoms with Gasteiger partial charge in [-0.25, -0.2) is 0 Å². The summed E-state index contributed by atoms with van der Waals surface area (Å²) in [5.41, 5.74) is 2.62. The molecule has 34 heavy (non-hydrogen) atoms. The maximum atomic E-state index is 13.8. The number of phenols is 1. The second-order valence-electron chi connectivity index (χ2n) is 8.98. The van der Waals surface area contributed by atoms with Gasteiger partial charge in [0.15, 0.2) is 5.78 Å². The van der Waals surface area contributed by atoms with Gasteiger partial charge in [0.05, 0.1) is 18.1 Å². The largest absolute Gasteiger partial charge is 0.508 e. The van der Waals surface area contributed by atoms with Crippen molar-refractivity contribution in [2.75, 3.05) is 7.11 Å². The van der Waals surface area contributed by atoms with Crippen LogP contribution in [0.15, 0.2) is 72.8 Å². The van der Waals surface area contributed by atoms with Gasteiger partial charge in [0, 0.05) is 40.1 Å². The molecular weight excluding hydrogens is 450 g/mol. The van der Waals surface area contributed by atoms with Crippen LogP contribution in [0.1, 0.15) is 41.0 Å². The minimum Gasteiger partial charge on any atom is -0.508 e. The van der Waals surface area contributed by atoms with Crippen LogP contribution in [-0.4, -0.2) is 28.5 Å². The van der Waals surface area contributed by atoms with Gasteiger partial charge in [0.25, 0.3) is 0 Å². The molecule has 0 spiro atoms. The van der Waals surface area contributed by atoms with Gasteiger partial charge in [-0.05, 0) is 49.7 Å². The molecule has 1 aromatic heterocycles. The first-order valence-electron chi connectivity index (χ1n) is 11.0. The molecule has 0 saturated heterocycles. The summed E-state index contributed by atoms with van der Waals surface area (Å²) in [6.07, 6.45) is 0.274. The van der Waals surface area contributed by atoms with Crippen molar-refractivity contribution in [1.29, 1.82) is 0 Å². The van der Waals surface area contributed by atoms with E-state index in [1.807, 2.05) is 47.0 Å². The lowest BCUT2D eigenvalue weighted by molar-refractivity contribution is -0.150. The lowest BCUT2D eigenvalue weighted by Crippen LogP contribution is -2.30. The van der Waals surface area contributed by atoms with E-state index in [4.69, 9.17) is 16.3 Å². The fourth-order valence-electron chi connectivity index (χ4n) is 4.29. The van der Waals surface area contributed by atoms with Crippen LogP contribution in [0.5, 0.6) is 5.75 Å². The molecule has 4 aromatic rings. The molecule has 174 valence electrons. The van der Waals surface area contributed by atoms with Gasteiger partial charge in [-0.2, -0.15) is 0 Å². The second kappa shape index (κ2) is 9.35. The molecule has 6 heteroatoms. The second-order valence-corrected chi connectivity index (χ2v) is 9.42. The van der Waals surface area contributed by atoms with Gasteiger partial charge in [0.2, 0.25) is 0 Å². The maximum absolute atomic E-state index is 13.8. The predicted molar refractivity (Wildman–Crippen MR) is 134 cm³/mol. The van der Waals surface area contributed by atoms with Crippen LogP contribution in [0.2, 0.25) is 5.02 Å².